The molecule has 0 saturated carbocycles. The summed E-state index contributed by atoms with van der Waals surface area (Å²) in [6.07, 6.45) is 0. The number of amides is 1. The van der Waals surface area contributed by atoms with Crippen LogP contribution in [-0.2, 0) is 4.79 Å². The minimum absolute atomic E-state index is 0.150. The van der Waals surface area contributed by atoms with Crippen molar-refractivity contribution in [1.29, 1.82) is 0 Å². The maximum absolute atomic E-state index is 12.2. The number of carbonyl (C=O) groups is 1. The maximum Gasteiger partial charge on any atom is 0.234 e. The number of para-hydroxylation sites is 1. The van der Waals surface area contributed by atoms with Gasteiger partial charge in [0.2, 0.25) is 5.91 Å². The Hall–Kier alpha value is -1.96. The Bertz CT molecular complexity index is 912. The molecule has 1 N–H and O–H groups in total. The molecule has 0 radical (unpaired) electrons. The zero-order chi connectivity index (χ0) is 17.2. The van der Waals surface area contributed by atoms with Crippen molar-refractivity contribution in [1.82, 2.24) is 4.98 Å². The van der Waals surface area contributed by atoms with E-state index in [4.69, 9.17) is 21.1 Å². The van der Waals surface area contributed by atoms with Gasteiger partial charge in [0.1, 0.15) is 13.2 Å². The number of anilines is 1. The topological polar surface area (TPSA) is 60.5 Å². The Balaban J connectivity index is 1.42. The molecule has 8 heteroatoms. The van der Waals surface area contributed by atoms with Gasteiger partial charge in [-0.25, -0.2) is 4.98 Å². The number of nitrogens with zero attached hydrogens (tertiary/aromatic N) is 1. The molecule has 2 heterocycles. The van der Waals surface area contributed by atoms with Gasteiger partial charge in [-0.2, -0.15) is 0 Å². The molecule has 1 amide bonds. The molecule has 128 valence electrons. The summed E-state index contributed by atoms with van der Waals surface area (Å²) in [6, 6.07) is 11.3. The fraction of sp³-hybridized carbons (Fsp3) is 0.176. The highest BCUT2D eigenvalue weighted by molar-refractivity contribution is 8.01. The van der Waals surface area contributed by atoms with E-state index in [2.05, 4.69) is 10.3 Å². The fourth-order valence-corrected chi connectivity index (χ4v) is 4.46. The maximum atomic E-state index is 12.2. The van der Waals surface area contributed by atoms with Gasteiger partial charge in [-0.3, -0.25) is 4.79 Å². The standard InChI is InChI=1S/C17H13ClN2O3S2/c18-10-7-13-14(23-6-5-22-13)8-12(10)19-16(21)9-24-17-20-11-3-1-2-4-15(11)25-17/h1-4,7-8H,5-6,9H2,(H,19,21). The van der Waals surface area contributed by atoms with Gasteiger partial charge >= 0.3 is 0 Å². The highest BCUT2D eigenvalue weighted by atomic mass is 35.5. The molecule has 0 unspecified atom stereocenters. The number of benzene rings is 2. The number of rotatable bonds is 4. The summed E-state index contributed by atoms with van der Waals surface area (Å²) < 4.78 is 13.0. The van der Waals surface area contributed by atoms with Gasteiger partial charge in [-0.15, -0.1) is 11.3 Å². The van der Waals surface area contributed by atoms with Crippen LogP contribution in [0.3, 0.4) is 0 Å². The molecule has 1 aliphatic rings. The smallest absolute Gasteiger partial charge is 0.234 e. The predicted octanol–water partition coefficient (Wildman–Crippen LogP) is 4.45. The second-order valence-electron chi connectivity index (χ2n) is 5.26. The molecule has 25 heavy (non-hydrogen) atoms. The van der Waals surface area contributed by atoms with Crippen LogP contribution in [0.15, 0.2) is 40.7 Å². The summed E-state index contributed by atoms with van der Waals surface area (Å²) >= 11 is 9.19. The van der Waals surface area contributed by atoms with Crippen molar-refractivity contribution in [3.63, 3.8) is 0 Å². The molecular formula is C17H13ClN2O3S2. The number of halogens is 1. The van der Waals surface area contributed by atoms with Gasteiger partial charge in [-0.1, -0.05) is 35.5 Å². The predicted molar refractivity (Wildman–Crippen MR) is 101 cm³/mol. The van der Waals surface area contributed by atoms with Crippen molar-refractivity contribution in [2.24, 2.45) is 0 Å². The summed E-state index contributed by atoms with van der Waals surface area (Å²) in [5.74, 6) is 1.29. The Morgan fingerprint density at radius 2 is 2.00 bits per heavy atom. The summed E-state index contributed by atoms with van der Waals surface area (Å²) in [7, 11) is 0. The summed E-state index contributed by atoms with van der Waals surface area (Å²) in [5.41, 5.74) is 1.46. The van der Waals surface area contributed by atoms with E-state index in [1.807, 2.05) is 24.3 Å². The molecule has 0 spiro atoms. The Kier molecular flexibility index (Phi) is 4.70. The minimum atomic E-state index is -0.150. The lowest BCUT2D eigenvalue weighted by molar-refractivity contribution is -0.113. The fourth-order valence-electron chi connectivity index (χ4n) is 2.39. The number of thioether (sulfide) groups is 1. The number of nitrogens with one attached hydrogen (secondary N) is 1. The van der Waals surface area contributed by atoms with Crippen LogP contribution in [0.25, 0.3) is 10.2 Å². The van der Waals surface area contributed by atoms with Gasteiger partial charge in [0.25, 0.3) is 0 Å². The molecule has 1 aliphatic heterocycles. The number of hydrogen-bond acceptors (Lipinski definition) is 6. The quantitative estimate of drug-likeness (QED) is 0.664. The minimum Gasteiger partial charge on any atom is -0.486 e. The van der Waals surface area contributed by atoms with Crippen molar-refractivity contribution in [2.45, 2.75) is 4.34 Å². The van der Waals surface area contributed by atoms with Crippen molar-refractivity contribution < 1.29 is 14.3 Å². The third kappa shape index (κ3) is 3.68. The molecular weight excluding hydrogens is 380 g/mol. The zero-order valence-corrected chi connectivity index (χ0v) is 15.3. The molecule has 5 nitrogen and oxygen atoms in total. The monoisotopic (exact) mass is 392 g/mol. The average Bonchev–Trinajstić information content (AvgIpc) is 3.03. The third-order valence-electron chi connectivity index (χ3n) is 3.51. The van der Waals surface area contributed by atoms with E-state index in [-0.39, 0.29) is 11.7 Å². The van der Waals surface area contributed by atoms with Crippen molar-refractivity contribution in [2.75, 3.05) is 24.3 Å². The van der Waals surface area contributed by atoms with E-state index < -0.39 is 0 Å². The number of fused-ring (bicyclic) bond motifs is 2. The zero-order valence-electron chi connectivity index (χ0n) is 13.0. The van der Waals surface area contributed by atoms with Crippen molar-refractivity contribution >= 4 is 56.5 Å². The lowest BCUT2D eigenvalue weighted by atomic mass is 10.2. The van der Waals surface area contributed by atoms with Gasteiger partial charge in [-0.05, 0) is 12.1 Å². The summed E-state index contributed by atoms with van der Waals surface area (Å²) in [4.78, 5) is 16.7. The Morgan fingerprint density at radius 1 is 1.24 bits per heavy atom. The molecule has 0 atom stereocenters. The second-order valence-corrected chi connectivity index (χ2v) is 7.92. The first-order valence-corrected chi connectivity index (χ1v) is 9.74. The number of aromatic nitrogens is 1. The highest BCUT2D eigenvalue weighted by Crippen LogP contribution is 2.38. The molecule has 0 fully saturated rings. The lowest BCUT2D eigenvalue weighted by Crippen LogP contribution is -2.17. The van der Waals surface area contributed by atoms with Crippen molar-refractivity contribution in [3.05, 3.63) is 41.4 Å². The first-order valence-electron chi connectivity index (χ1n) is 7.56. The first kappa shape index (κ1) is 16.5. The van der Waals surface area contributed by atoms with E-state index in [0.29, 0.717) is 35.4 Å². The van der Waals surface area contributed by atoms with Gasteiger partial charge in [0, 0.05) is 12.1 Å². The molecule has 1 aromatic heterocycles. The number of ether oxygens (including phenoxy) is 2. The Morgan fingerprint density at radius 3 is 2.80 bits per heavy atom. The van der Waals surface area contributed by atoms with Gasteiger partial charge in [0.15, 0.2) is 15.8 Å². The van der Waals surface area contributed by atoms with Crippen LogP contribution in [0.1, 0.15) is 0 Å². The van der Waals surface area contributed by atoms with Crippen LogP contribution >= 0.6 is 34.7 Å². The summed E-state index contributed by atoms with van der Waals surface area (Å²) in [5, 5.41) is 3.23. The Labute approximate surface area is 157 Å². The van der Waals surface area contributed by atoms with Crippen LogP contribution < -0.4 is 14.8 Å². The third-order valence-corrected chi connectivity index (χ3v) is 6.00. The first-order chi connectivity index (χ1) is 12.2. The largest absolute Gasteiger partial charge is 0.486 e. The molecule has 0 aliphatic carbocycles. The highest BCUT2D eigenvalue weighted by Gasteiger charge is 2.16. The average molecular weight is 393 g/mol. The number of hydrogen-bond donors (Lipinski definition) is 1. The van der Waals surface area contributed by atoms with Crippen LogP contribution in [0, 0.1) is 0 Å². The van der Waals surface area contributed by atoms with Gasteiger partial charge < -0.3 is 14.8 Å². The molecule has 4 rings (SSSR count). The van der Waals surface area contributed by atoms with E-state index in [9.17, 15) is 4.79 Å². The number of carbonyl (C=O) groups excluding carboxylic acids is 1. The number of thiazole rings is 1. The van der Waals surface area contributed by atoms with E-state index in [0.717, 1.165) is 14.6 Å². The van der Waals surface area contributed by atoms with Crippen LogP contribution in [-0.4, -0.2) is 29.9 Å². The van der Waals surface area contributed by atoms with Crippen LogP contribution in [0.5, 0.6) is 11.5 Å². The van der Waals surface area contributed by atoms with Crippen LogP contribution in [0.2, 0.25) is 5.02 Å². The van der Waals surface area contributed by atoms with Crippen LogP contribution in [0.4, 0.5) is 5.69 Å². The van der Waals surface area contributed by atoms with E-state index in [1.165, 1.54) is 11.8 Å². The van der Waals surface area contributed by atoms with E-state index in [1.54, 1.807) is 23.5 Å². The molecule has 0 saturated heterocycles. The van der Waals surface area contributed by atoms with Gasteiger partial charge in [0.05, 0.1) is 26.7 Å². The second kappa shape index (κ2) is 7.11. The van der Waals surface area contributed by atoms with E-state index >= 15 is 0 Å². The molecule has 3 aromatic rings. The lowest BCUT2D eigenvalue weighted by Gasteiger charge is -2.19. The molecule has 2 aromatic carbocycles. The molecule has 0 bridgehead atoms. The summed E-state index contributed by atoms with van der Waals surface area (Å²) in [6.45, 7) is 0.976. The normalized spacial score (nSPS) is 13.0. The SMILES string of the molecule is O=C(CSc1nc2ccccc2s1)Nc1cc2c(cc1Cl)OCCO2. The van der Waals surface area contributed by atoms with Crippen molar-refractivity contribution in [3.8, 4) is 11.5 Å².